The highest BCUT2D eigenvalue weighted by Gasteiger charge is 2.41. The molecule has 0 radical (unpaired) electrons. The average Bonchev–Trinajstić information content (AvgIpc) is 3.01. The van der Waals surface area contributed by atoms with Gasteiger partial charge in [0, 0.05) is 11.3 Å². The van der Waals surface area contributed by atoms with Gasteiger partial charge in [0.05, 0.1) is 11.4 Å². The summed E-state index contributed by atoms with van der Waals surface area (Å²) in [5, 5.41) is 3.38. The van der Waals surface area contributed by atoms with Gasteiger partial charge in [0.2, 0.25) is 0 Å². The van der Waals surface area contributed by atoms with E-state index in [0.29, 0.717) is 4.75 Å². The minimum absolute atomic E-state index is 0.469. The molecule has 1 saturated carbocycles. The van der Waals surface area contributed by atoms with E-state index in [1.807, 2.05) is 30.8 Å². The molecule has 0 bridgehead atoms. The van der Waals surface area contributed by atoms with E-state index in [1.165, 1.54) is 12.8 Å². The Bertz CT molecular complexity index is 361. The molecule has 1 aromatic rings. The highest BCUT2D eigenvalue weighted by atomic mass is 32.2. The molecule has 0 aromatic carbocycles. The zero-order chi connectivity index (χ0) is 10.9. The maximum absolute atomic E-state index is 5.71. The molecule has 1 fully saturated rings. The van der Waals surface area contributed by atoms with Crippen molar-refractivity contribution in [2.45, 2.75) is 24.5 Å². The molecule has 0 aliphatic heterocycles. The Hall–Kier alpha value is -0.900. The number of aryl methyl sites for hydroxylation is 1. The lowest BCUT2D eigenvalue weighted by Crippen LogP contribution is -2.18. The summed E-state index contributed by atoms with van der Waals surface area (Å²) in [5.74, 6) is 0.932. The third-order valence-corrected chi connectivity index (χ3v) is 4.38. The Morgan fingerprint density at radius 3 is 2.80 bits per heavy atom. The third-order valence-electron chi connectivity index (χ3n) is 2.96. The van der Waals surface area contributed by atoms with Crippen LogP contribution in [0.15, 0.2) is 12.1 Å². The van der Waals surface area contributed by atoms with Crippen molar-refractivity contribution >= 4 is 23.3 Å². The summed E-state index contributed by atoms with van der Waals surface area (Å²) in [4.78, 5) is 4.39. The number of hydrogen-bond acceptors (Lipinski definition) is 4. The fourth-order valence-corrected chi connectivity index (χ4v) is 2.24. The van der Waals surface area contributed by atoms with Crippen LogP contribution in [-0.2, 0) is 0 Å². The summed E-state index contributed by atoms with van der Waals surface area (Å²) in [6, 6.07) is 3.85. The number of rotatable bonds is 4. The van der Waals surface area contributed by atoms with E-state index < -0.39 is 0 Å². The van der Waals surface area contributed by atoms with Crippen LogP contribution in [-0.4, -0.2) is 22.5 Å². The molecular weight excluding hydrogens is 206 g/mol. The fourth-order valence-electron chi connectivity index (χ4n) is 1.51. The lowest BCUT2D eigenvalue weighted by molar-refractivity contribution is 0.938. The molecule has 0 atom stereocenters. The van der Waals surface area contributed by atoms with Crippen LogP contribution in [0.3, 0.4) is 0 Å². The van der Waals surface area contributed by atoms with Gasteiger partial charge >= 0.3 is 0 Å². The Morgan fingerprint density at radius 2 is 2.27 bits per heavy atom. The van der Waals surface area contributed by atoms with Crippen molar-refractivity contribution in [2.75, 3.05) is 23.9 Å². The molecule has 82 valence electrons. The number of nitrogen functional groups attached to an aromatic ring is 1. The minimum atomic E-state index is 0.469. The molecule has 1 heterocycles. The monoisotopic (exact) mass is 223 g/mol. The summed E-state index contributed by atoms with van der Waals surface area (Å²) >= 11 is 1.95. The highest BCUT2D eigenvalue weighted by Crippen LogP contribution is 2.46. The number of hydrogen-bond donors (Lipinski definition) is 2. The molecule has 1 aliphatic rings. The zero-order valence-corrected chi connectivity index (χ0v) is 10.0. The lowest BCUT2D eigenvalue weighted by Gasteiger charge is -2.14. The number of nitrogens with one attached hydrogen (secondary N) is 1. The summed E-state index contributed by atoms with van der Waals surface area (Å²) in [7, 11) is 0. The largest absolute Gasteiger partial charge is 0.397 e. The second-order valence-electron chi connectivity index (χ2n) is 4.11. The molecule has 2 rings (SSSR count). The van der Waals surface area contributed by atoms with Gasteiger partial charge in [-0.2, -0.15) is 11.8 Å². The first kappa shape index (κ1) is 10.6. The number of nitrogens with two attached hydrogens (primary N) is 1. The van der Waals surface area contributed by atoms with Gasteiger partial charge in [-0.3, -0.25) is 0 Å². The second kappa shape index (κ2) is 3.93. The van der Waals surface area contributed by atoms with Crippen molar-refractivity contribution in [3.63, 3.8) is 0 Å². The van der Waals surface area contributed by atoms with Crippen molar-refractivity contribution in [1.82, 2.24) is 4.98 Å². The van der Waals surface area contributed by atoms with Gasteiger partial charge in [-0.05, 0) is 38.2 Å². The van der Waals surface area contributed by atoms with Crippen LogP contribution >= 0.6 is 11.8 Å². The van der Waals surface area contributed by atoms with Gasteiger partial charge in [-0.1, -0.05) is 0 Å². The van der Waals surface area contributed by atoms with E-state index in [0.717, 1.165) is 23.7 Å². The van der Waals surface area contributed by atoms with Gasteiger partial charge < -0.3 is 11.1 Å². The van der Waals surface area contributed by atoms with E-state index in [4.69, 9.17) is 5.73 Å². The molecule has 0 saturated heterocycles. The van der Waals surface area contributed by atoms with Crippen LogP contribution in [0.5, 0.6) is 0 Å². The number of aromatic nitrogens is 1. The fraction of sp³-hybridized carbons (Fsp3) is 0.545. The molecule has 3 N–H and O–H groups in total. The van der Waals surface area contributed by atoms with Gasteiger partial charge in [-0.25, -0.2) is 4.98 Å². The topological polar surface area (TPSA) is 50.9 Å². The molecule has 0 unspecified atom stereocenters. The Morgan fingerprint density at radius 1 is 1.53 bits per heavy atom. The van der Waals surface area contributed by atoms with Crippen molar-refractivity contribution in [3.05, 3.63) is 17.8 Å². The summed E-state index contributed by atoms with van der Waals surface area (Å²) in [6.07, 6.45) is 4.81. The lowest BCUT2D eigenvalue weighted by atomic mass is 10.3. The van der Waals surface area contributed by atoms with Crippen LogP contribution < -0.4 is 11.1 Å². The van der Waals surface area contributed by atoms with Gasteiger partial charge in [-0.15, -0.1) is 0 Å². The first-order valence-electron chi connectivity index (χ1n) is 5.17. The quantitative estimate of drug-likeness (QED) is 0.822. The Balaban J connectivity index is 1.96. The van der Waals surface area contributed by atoms with Gasteiger partial charge in [0.25, 0.3) is 0 Å². The zero-order valence-electron chi connectivity index (χ0n) is 9.21. The summed E-state index contributed by atoms with van der Waals surface area (Å²) in [6.45, 7) is 2.94. The number of thioether (sulfide) groups is 1. The minimum Gasteiger partial charge on any atom is -0.397 e. The molecule has 3 nitrogen and oxygen atoms in total. The summed E-state index contributed by atoms with van der Waals surface area (Å²) < 4.78 is 0.469. The normalized spacial score (nSPS) is 17.5. The SMILES string of the molecule is CSC1(CNc2ccc(N)c(C)n2)CC1. The van der Waals surface area contributed by atoms with E-state index in [2.05, 4.69) is 16.6 Å². The van der Waals surface area contributed by atoms with Gasteiger partial charge in [0.1, 0.15) is 5.82 Å². The Kier molecular flexibility index (Phi) is 2.78. The Labute approximate surface area is 94.8 Å². The maximum Gasteiger partial charge on any atom is 0.126 e. The molecule has 1 aliphatic carbocycles. The molecule has 15 heavy (non-hydrogen) atoms. The van der Waals surface area contributed by atoms with Crippen LogP contribution in [0.2, 0.25) is 0 Å². The predicted molar refractivity (Wildman–Crippen MR) is 67.4 cm³/mol. The standard InChI is InChI=1S/C11H17N3S/c1-8-9(12)3-4-10(14-8)13-7-11(15-2)5-6-11/h3-4H,5-7,12H2,1-2H3,(H,13,14). The maximum atomic E-state index is 5.71. The molecule has 0 amide bonds. The second-order valence-corrected chi connectivity index (χ2v) is 5.39. The first-order valence-corrected chi connectivity index (χ1v) is 6.40. The molecular formula is C11H17N3S. The van der Waals surface area contributed by atoms with Crippen LogP contribution in [0.1, 0.15) is 18.5 Å². The number of nitrogens with zero attached hydrogens (tertiary/aromatic N) is 1. The van der Waals surface area contributed by atoms with Crippen molar-refractivity contribution in [1.29, 1.82) is 0 Å². The predicted octanol–water partition coefficient (Wildman–Crippen LogP) is 2.28. The van der Waals surface area contributed by atoms with Crippen molar-refractivity contribution in [3.8, 4) is 0 Å². The van der Waals surface area contributed by atoms with Crippen LogP contribution in [0.4, 0.5) is 11.5 Å². The average molecular weight is 223 g/mol. The van der Waals surface area contributed by atoms with Crippen LogP contribution in [0, 0.1) is 6.92 Å². The van der Waals surface area contributed by atoms with E-state index in [-0.39, 0.29) is 0 Å². The smallest absolute Gasteiger partial charge is 0.126 e. The van der Waals surface area contributed by atoms with Crippen molar-refractivity contribution < 1.29 is 0 Å². The first-order chi connectivity index (χ1) is 7.15. The summed E-state index contributed by atoms with van der Waals surface area (Å²) in [5.41, 5.74) is 7.37. The number of pyridine rings is 1. The van der Waals surface area contributed by atoms with Gasteiger partial charge in [0.15, 0.2) is 0 Å². The van der Waals surface area contributed by atoms with E-state index in [1.54, 1.807) is 0 Å². The van der Waals surface area contributed by atoms with Crippen LogP contribution in [0.25, 0.3) is 0 Å². The molecule has 0 spiro atoms. The highest BCUT2D eigenvalue weighted by molar-refractivity contribution is 8.00. The third kappa shape index (κ3) is 2.37. The number of anilines is 2. The molecule has 1 aromatic heterocycles. The van der Waals surface area contributed by atoms with E-state index >= 15 is 0 Å². The van der Waals surface area contributed by atoms with Crippen molar-refractivity contribution in [2.24, 2.45) is 0 Å². The molecule has 4 heteroatoms. The van der Waals surface area contributed by atoms with E-state index in [9.17, 15) is 0 Å².